The predicted molar refractivity (Wildman–Crippen MR) is 79.8 cm³/mol. The fourth-order valence-electron chi connectivity index (χ4n) is 3.17. The van der Waals surface area contributed by atoms with Crippen LogP contribution >= 0.6 is 0 Å². The normalized spacial score (nSPS) is 34.8. The molecule has 1 heterocycles. The van der Waals surface area contributed by atoms with Gasteiger partial charge in [0.1, 0.15) is 0 Å². The standard InChI is InChI=1S/C11H20N2.C3H8.CH5N/c1-12-2-4-13(5-3-12)11-7-9-6-10(9)8-11;1-3-2;1-2/h9-11H,2-8H2,1H3;3H2,1-2H3;2H2,1H3/t9-,10+,11?;;. The van der Waals surface area contributed by atoms with Gasteiger partial charge >= 0.3 is 0 Å². The van der Waals surface area contributed by atoms with Gasteiger partial charge in [0.15, 0.2) is 0 Å². The summed E-state index contributed by atoms with van der Waals surface area (Å²) in [6.45, 7) is 9.46. The summed E-state index contributed by atoms with van der Waals surface area (Å²) in [6.07, 6.45) is 5.85. The number of likely N-dealkylation sites (N-methyl/N-ethyl adjacent to an activating group) is 1. The van der Waals surface area contributed by atoms with E-state index in [0.29, 0.717) is 0 Å². The zero-order chi connectivity index (χ0) is 13.5. The molecule has 18 heavy (non-hydrogen) atoms. The number of fused-ring (bicyclic) bond motifs is 1. The highest BCUT2D eigenvalue weighted by molar-refractivity contribution is 5.00. The number of nitrogens with two attached hydrogens (primary N) is 1. The molecular formula is C15H33N3. The maximum Gasteiger partial charge on any atom is 0.0113 e. The third-order valence-electron chi connectivity index (χ3n) is 4.27. The van der Waals surface area contributed by atoms with Crippen LogP contribution in [-0.2, 0) is 0 Å². The Morgan fingerprint density at radius 3 is 1.78 bits per heavy atom. The average Bonchev–Trinajstić information content (AvgIpc) is 3.00. The van der Waals surface area contributed by atoms with E-state index in [9.17, 15) is 0 Å². The zero-order valence-corrected chi connectivity index (χ0v) is 12.9. The number of hydrogen-bond acceptors (Lipinski definition) is 3. The summed E-state index contributed by atoms with van der Waals surface area (Å²) in [7, 11) is 3.74. The van der Waals surface area contributed by atoms with Crippen LogP contribution in [0.15, 0.2) is 0 Å². The van der Waals surface area contributed by atoms with Gasteiger partial charge in [0.25, 0.3) is 0 Å². The highest BCUT2D eigenvalue weighted by atomic mass is 15.3. The van der Waals surface area contributed by atoms with Gasteiger partial charge in [-0.3, -0.25) is 4.90 Å². The lowest BCUT2D eigenvalue weighted by molar-refractivity contribution is 0.108. The van der Waals surface area contributed by atoms with Gasteiger partial charge in [-0.15, -0.1) is 0 Å². The van der Waals surface area contributed by atoms with Crippen molar-refractivity contribution in [1.82, 2.24) is 9.80 Å². The molecule has 0 aromatic carbocycles. The second-order valence-corrected chi connectivity index (χ2v) is 5.93. The average molecular weight is 255 g/mol. The first-order valence-corrected chi connectivity index (χ1v) is 7.74. The molecule has 0 bridgehead atoms. The highest BCUT2D eigenvalue weighted by Crippen LogP contribution is 2.53. The minimum atomic E-state index is 0.970. The smallest absolute Gasteiger partial charge is 0.0113 e. The molecule has 3 nitrogen and oxygen atoms in total. The maximum absolute atomic E-state index is 4.50. The monoisotopic (exact) mass is 255 g/mol. The molecule has 1 unspecified atom stereocenters. The summed E-state index contributed by atoms with van der Waals surface area (Å²) < 4.78 is 0. The van der Waals surface area contributed by atoms with E-state index in [1.54, 1.807) is 6.42 Å². The number of nitrogens with zero attached hydrogens (tertiary/aromatic N) is 2. The fraction of sp³-hybridized carbons (Fsp3) is 1.00. The summed E-state index contributed by atoms with van der Waals surface area (Å²) in [5.41, 5.74) is 4.50. The first kappa shape index (κ1) is 15.9. The van der Waals surface area contributed by atoms with Crippen molar-refractivity contribution in [3.05, 3.63) is 0 Å². The molecule has 3 fully saturated rings. The first-order chi connectivity index (χ1) is 8.74. The van der Waals surface area contributed by atoms with Crippen LogP contribution in [-0.4, -0.2) is 56.1 Å². The summed E-state index contributed by atoms with van der Waals surface area (Å²) in [4.78, 5) is 5.19. The van der Waals surface area contributed by atoms with Gasteiger partial charge in [0, 0.05) is 32.2 Å². The SMILES string of the molecule is CCC.CN.CN1CCN(C2C[C@@H]3C[C@@H]3C2)CC1. The van der Waals surface area contributed by atoms with E-state index in [1.165, 1.54) is 52.5 Å². The Bertz CT molecular complexity index is 202. The zero-order valence-electron chi connectivity index (χ0n) is 12.9. The van der Waals surface area contributed by atoms with Crippen molar-refractivity contribution >= 4 is 0 Å². The molecule has 2 N–H and O–H groups in total. The second kappa shape index (κ2) is 8.13. The molecule has 3 atom stereocenters. The number of piperazine rings is 1. The summed E-state index contributed by atoms with van der Waals surface area (Å²) >= 11 is 0. The molecule has 3 aliphatic rings. The van der Waals surface area contributed by atoms with Gasteiger partial charge < -0.3 is 10.6 Å². The van der Waals surface area contributed by atoms with Gasteiger partial charge in [-0.2, -0.15) is 0 Å². The Kier molecular flexibility index (Phi) is 7.20. The van der Waals surface area contributed by atoms with Crippen molar-refractivity contribution in [3.63, 3.8) is 0 Å². The lowest BCUT2D eigenvalue weighted by Gasteiger charge is -2.37. The molecule has 3 heteroatoms. The molecule has 0 aromatic rings. The quantitative estimate of drug-likeness (QED) is 0.778. The van der Waals surface area contributed by atoms with Crippen molar-refractivity contribution in [2.45, 2.75) is 45.6 Å². The summed E-state index contributed by atoms with van der Waals surface area (Å²) in [5.74, 6) is 2.29. The van der Waals surface area contributed by atoms with Crippen molar-refractivity contribution in [1.29, 1.82) is 0 Å². The van der Waals surface area contributed by atoms with Crippen LogP contribution in [0.2, 0.25) is 0 Å². The topological polar surface area (TPSA) is 32.5 Å². The van der Waals surface area contributed by atoms with Crippen LogP contribution < -0.4 is 5.73 Å². The Morgan fingerprint density at radius 2 is 1.33 bits per heavy atom. The Balaban J connectivity index is 0.000000288. The van der Waals surface area contributed by atoms with Crippen LogP contribution in [0.25, 0.3) is 0 Å². The van der Waals surface area contributed by atoms with E-state index >= 15 is 0 Å². The molecular weight excluding hydrogens is 222 g/mol. The molecule has 3 rings (SSSR count). The van der Waals surface area contributed by atoms with Crippen LogP contribution in [0.4, 0.5) is 0 Å². The molecule has 108 valence electrons. The van der Waals surface area contributed by atoms with Gasteiger partial charge in [-0.05, 0) is 45.2 Å². The van der Waals surface area contributed by atoms with E-state index in [0.717, 1.165) is 17.9 Å². The second-order valence-electron chi connectivity index (χ2n) is 5.93. The Hall–Kier alpha value is -0.120. The van der Waals surface area contributed by atoms with E-state index in [2.05, 4.69) is 36.4 Å². The minimum Gasteiger partial charge on any atom is -0.333 e. The molecule has 2 aliphatic carbocycles. The fourth-order valence-corrected chi connectivity index (χ4v) is 3.17. The first-order valence-electron chi connectivity index (χ1n) is 7.74. The van der Waals surface area contributed by atoms with Crippen molar-refractivity contribution < 1.29 is 0 Å². The highest BCUT2D eigenvalue weighted by Gasteiger charge is 2.47. The minimum absolute atomic E-state index is 0.970. The largest absolute Gasteiger partial charge is 0.333 e. The van der Waals surface area contributed by atoms with Crippen LogP contribution in [0.1, 0.15) is 39.5 Å². The predicted octanol–water partition coefficient (Wildman–Crippen LogP) is 2.02. The van der Waals surface area contributed by atoms with Crippen LogP contribution in [0, 0.1) is 11.8 Å². The molecule has 0 radical (unpaired) electrons. The van der Waals surface area contributed by atoms with E-state index in [1.807, 2.05) is 0 Å². The van der Waals surface area contributed by atoms with Crippen molar-refractivity contribution in [3.8, 4) is 0 Å². The maximum atomic E-state index is 4.50. The molecule has 0 aromatic heterocycles. The Labute approximate surface area is 114 Å². The number of rotatable bonds is 1. The van der Waals surface area contributed by atoms with E-state index < -0.39 is 0 Å². The molecule has 1 saturated heterocycles. The molecule has 0 amide bonds. The summed E-state index contributed by atoms with van der Waals surface area (Å²) in [6, 6.07) is 0.970. The van der Waals surface area contributed by atoms with Crippen LogP contribution in [0.3, 0.4) is 0 Å². The lowest BCUT2D eigenvalue weighted by atomic mass is 10.1. The van der Waals surface area contributed by atoms with E-state index in [-0.39, 0.29) is 0 Å². The van der Waals surface area contributed by atoms with Crippen molar-refractivity contribution in [2.75, 3.05) is 40.3 Å². The van der Waals surface area contributed by atoms with Gasteiger partial charge in [0.05, 0.1) is 0 Å². The van der Waals surface area contributed by atoms with Crippen LogP contribution in [0.5, 0.6) is 0 Å². The van der Waals surface area contributed by atoms with Gasteiger partial charge in [0.2, 0.25) is 0 Å². The third kappa shape index (κ3) is 4.52. The molecule has 1 aliphatic heterocycles. The summed E-state index contributed by atoms with van der Waals surface area (Å²) in [5, 5.41) is 0. The number of hydrogen-bond donors (Lipinski definition) is 1. The van der Waals surface area contributed by atoms with Gasteiger partial charge in [-0.25, -0.2) is 0 Å². The third-order valence-corrected chi connectivity index (χ3v) is 4.27. The van der Waals surface area contributed by atoms with Gasteiger partial charge in [-0.1, -0.05) is 20.3 Å². The van der Waals surface area contributed by atoms with E-state index in [4.69, 9.17) is 0 Å². The lowest BCUT2D eigenvalue weighted by Crippen LogP contribution is -2.48. The Morgan fingerprint density at radius 1 is 0.889 bits per heavy atom. The van der Waals surface area contributed by atoms with Crippen molar-refractivity contribution in [2.24, 2.45) is 17.6 Å². The molecule has 2 saturated carbocycles. The molecule has 0 spiro atoms.